The number of rotatable bonds is 4. The van der Waals surface area contributed by atoms with Gasteiger partial charge < -0.3 is 5.32 Å². The number of aromatic nitrogens is 1. The summed E-state index contributed by atoms with van der Waals surface area (Å²) in [6, 6.07) is 4.55. The fourth-order valence-corrected chi connectivity index (χ4v) is 1.71. The number of hydrogen-bond acceptors (Lipinski definition) is 2. The zero-order valence-corrected chi connectivity index (χ0v) is 11.1. The van der Waals surface area contributed by atoms with Crippen LogP contribution < -0.4 is 5.32 Å². The minimum atomic E-state index is 0.358. The lowest BCUT2D eigenvalue weighted by molar-refractivity contribution is 0.226. The highest BCUT2D eigenvalue weighted by molar-refractivity contribution is 5.13. The van der Waals surface area contributed by atoms with E-state index >= 15 is 0 Å². The molecule has 1 N–H and O–H groups in total. The van der Waals surface area contributed by atoms with Gasteiger partial charge in [0.15, 0.2) is 0 Å². The van der Waals surface area contributed by atoms with Gasteiger partial charge in [-0.1, -0.05) is 33.8 Å². The highest BCUT2D eigenvalue weighted by Gasteiger charge is 2.23. The van der Waals surface area contributed by atoms with Crippen LogP contribution in [0.15, 0.2) is 24.5 Å². The Morgan fingerprint density at radius 1 is 1.38 bits per heavy atom. The molecule has 2 atom stereocenters. The molecular weight excluding hydrogens is 196 g/mol. The highest BCUT2D eigenvalue weighted by atomic mass is 14.9. The van der Waals surface area contributed by atoms with Crippen molar-refractivity contribution in [2.24, 2.45) is 11.3 Å². The minimum absolute atomic E-state index is 0.358. The van der Waals surface area contributed by atoms with E-state index in [-0.39, 0.29) is 0 Å². The Morgan fingerprint density at radius 2 is 2.06 bits per heavy atom. The van der Waals surface area contributed by atoms with Crippen LogP contribution in [0.3, 0.4) is 0 Å². The van der Waals surface area contributed by atoms with Crippen LogP contribution in [0.4, 0.5) is 0 Å². The second-order valence-corrected chi connectivity index (χ2v) is 5.63. The lowest BCUT2D eigenvalue weighted by Gasteiger charge is -2.30. The second kappa shape index (κ2) is 5.44. The highest BCUT2D eigenvalue weighted by Crippen LogP contribution is 2.32. The van der Waals surface area contributed by atoms with Crippen LogP contribution in [0.5, 0.6) is 0 Å². The molecule has 2 heteroatoms. The first-order valence-corrected chi connectivity index (χ1v) is 6.02. The van der Waals surface area contributed by atoms with Gasteiger partial charge in [-0.05, 0) is 36.4 Å². The smallest absolute Gasteiger partial charge is 0.0335 e. The maximum absolute atomic E-state index is 4.18. The average molecular weight is 220 g/mol. The zero-order valence-electron chi connectivity index (χ0n) is 11.1. The van der Waals surface area contributed by atoms with E-state index in [0.717, 1.165) is 6.42 Å². The molecule has 0 spiro atoms. The molecule has 90 valence electrons. The van der Waals surface area contributed by atoms with Crippen LogP contribution in [0.1, 0.15) is 45.7 Å². The molecule has 16 heavy (non-hydrogen) atoms. The Labute approximate surface area is 99.5 Å². The summed E-state index contributed by atoms with van der Waals surface area (Å²) in [6.07, 6.45) is 4.92. The van der Waals surface area contributed by atoms with Crippen molar-refractivity contribution in [3.63, 3.8) is 0 Å². The van der Waals surface area contributed by atoms with Gasteiger partial charge in [-0.3, -0.25) is 4.98 Å². The Kier molecular flexibility index (Phi) is 4.48. The van der Waals surface area contributed by atoms with Crippen molar-refractivity contribution in [3.05, 3.63) is 30.1 Å². The number of nitrogens with zero attached hydrogens (tertiary/aromatic N) is 1. The summed E-state index contributed by atoms with van der Waals surface area (Å²) >= 11 is 0. The molecule has 1 aromatic rings. The maximum atomic E-state index is 4.18. The largest absolute Gasteiger partial charge is 0.313 e. The van der Waals surface area contributed by atoms with Crippen molar-refractivity contribution in [1.82, 2.24) is 10.3 Å². The van der Waals surface area contributed by atoms with Gasteiger partial charge in [0.2, 0.25) is 0 Å². The summed E-state index contributed by atoms with van der Waals surface area (Å²) in [5.41, 5.74) is 1.64. The molecule has 0 aliphatic rings. The van der Waals surface area contributed by atoms with E-state index in [1.54, 1.807) is 0 Å². The molecule has 2 nitrogen and oxygen atoms in total. The molecule has 1 heterocycles. The van der Waals surface area contributed by atoms with E-state index in [4.69, 9.17) is 0 Å². The predicted molar refractivity (Wildman–Crippen MR) is 69.3 cm³/mol. The molecule has 0 radical (unpaired) electrons. The van der Waals surface area contributed by atoms with E-state index in [1.807, 2.05) is 25.5 Å². The topological polar surface area (TPSA) is 24.9 Å². The number of pyridine rings is 1. The first-order chi connectivity index (χ1) is 7.45. The minimum Gasteiger partial charge on any atom is -0.313 e. The van der Waals surface area contributed by atoms with Gasteiger partial charge in [0.05, 0.1) is 0 Å². The first kappa shape index (κ1) is 13.2. The third-order valence-corrected chi connectivity index (χ3v) is 3.50. The molecule has 0 aliphatic carbocycles. The monoisotopic (exact) mass is 220 g/mol. The first-order valence-electron chi connectivity index (χ1n) is 6.02. The van der Waals surface area contributed by atoms with Crippen molar-refractivity contribution < 1.29 is 0 Å². The molecule has 0 saturated carbocycles. The van der Waals surface area contributed by atoms with Gasteiger partial charge in [0.1, 0.15) is 0 Å². The second-order valence-electron chi connectivity index (χ2n) is 5.63. The van der Waals surface area contributed by atoms with Crippen LogP contribution in [0.2, 0.25) is 0 Å². The summed E-state index contributed by atoms with van der Waals surface area (Å²) in [6.45, 7) is 9.22. The van der Waals surface area contributed by atoms with Crippen LogP contribution in [-0.4, -0.2) is 12.0 Å². The SMILES string of the molecule is CNC(CC(C)C(C)(C)C)c1cccnc1. The molecule has 0 bridgehead atoms. The van der Waals surface area contributed by atoms with Gasteiger partial charge in [-0.25, -0.2) is 0 Å². The predicted octanol–water partition coefficient (Wildman–Crippen LogP) is 3.41. The fourth-order valence-electron chi connectivity index (χ4n) is 1.71. The number of hydrogen-bond donors (Lipinski definition) is 1. The molecule has 1 aromatic heterocycles. The van der Waals surface area contributed by atoms with Gasteiger partial charge >= 0.3 is 0 Å². The lowest BCUT2D eigenvalue weighted by Crippen LogP contribution is -2.25. The maximum Gasteiger partial charge on any atom is 0.0335 e. The van der Waals surface area contributed by atoms with Crippen LogP contribution in [0, 0.1) is 11.3 Å². The molecule has 2 unspecified atom stereocenters. The van der Waals surface area contributed by atoms with E-state index in [0.29, 0.717) is 17.4 Å². The molecule has 0 aliphatic heterocycles. The summed E-state index contributed by atoms with van der Waals surface area (Å²) in [7, 11) is 2.02. The van der Waals surface area contributed by atoms with Crippen LogP contribution in [0.25, 0.3) is 0 Å². The van der Waals surface area contributed by atoms with Gasteiger partial charge in [0.25, 0.3) is 0 Å². The van der Waals surface area contributed by atoms with Gasteiger partial charge in [-0.15, -0.1) is 0 Å². The molecule has 1 rings (SSSR count). The summed E-state index contributed by atoms with van der Waals surface area (Å²) in [5.74, 6) is 0.671. The molecular formula is C14H24N2. The van der Waals surface area contributed by atoms with Crippen molar-refractivity contribution in [3.8, 4) is 0 Å². The van der Waals surface area contributed by atoms with E-state index in [9.17, 15) is 0 Å². The van der Waals surface area contributed by atoms with E-state index < -0.39 is 0 Å². The normalized spacial score (nSPS) is 15.8. The summed E-state index contributed by atoms with van der Waals surface area (Å²) < 4.78 is 0. The van der Waals surface area contributed by atoms with E-state index in [1.165, 1.54) is 5.56 Å². The zero-order chi connectivity index (χ0) is 12.2. The molecule has 0 fully saturated rings. The van der Waals surface area contributed by atoms with Crippen molar-refractivity contribution in [2.45, 2.75) is 40.2 Å². The Morgan fingerprint density at radius 3 is 2.50 bits per heavy atom. The molecule has 0 amide bonds. The van der Waals surface area contributed by atoms with Gasteiger partial charge in [-0.2, -0.15) is 0 Å². The van der Waals surface area contributed by atoms with Crippen LogP contribution >= 0.6 is 0 Å². The fraction of sp³-hybridized carbons (Fsp3) is 0.643. The number of nitrogens with one attached hydrogen (secondary N) is 1. The summed E-state index contributed by atoms with van der Waals surface area (Å²) in [4.78, 5) is 4.18. The van der Waals surface area contributed by atoms with Crippen molar-refractivity contribution >= 4 is 0 Å². The summed E-state index contributed by atoms with van der Waals surface area (Å²) in [5, 5.41) is 3.38. The molecule has 0 saturated heterocycles. The van der Waals surface area contributed by atoms with E-state index in [2.05, 4.69) is 44.1 Å². The standard InChI is InChI=1S/C14H24N2/c1-11(14(2,3)4)9-13(15-5)12-7-6-8-16-10-12/h6-8,10-11,13,15H,9H2,1-5H3. The Bertz CT molecular complexity index is 300. The van der Waals surface area contributed by atoms with Crippen molar-refractivity contribution in [1.29, 1.82) is 0 Å². The average Bonchev–Trinajstić information content (AvgIpc) is 2.25. The van der Waals surface area contributed by atoms with Crippen LogP contribution in [-0.2, 0) is 0 Å². The Hall–Kier alpha value is -0.890. The lowest BCUT2D eigenvalue weighted by atomic mass is 9.78. The molecule has 0 aromatic carbocycles. The van der Waals surface area contributed by atoms with Gasteiger partial charge in [0, 0.05) is 18.4 Å². The third kappa shape index (κ3) is 3.60. The Balaban J connectivity index is 2.70. The van der Waals surface area contributed by atoms with Crippen molar-refractivity contribution in [2.75, 3.05) is 7.05 Å². The third-order valence-electron chi connectivity index (χ3n) is 3.50. The quantitative estimate of drug-likeness (QED) is 0.841.